The molecule has 1 aliphatic heterocycles. The summed E-state index contributed by atoms with van der Waals surface area (Å²) in [6, 6.07) is 5.26. The van der Waals surface area contributed by atoms with Crippen molar-refractivity contribution in [2.75, 3.05) is 25.0 Å². The molecule has 0 bridgehead atoms. The van der Waals surface area contributed by atoms with Crippen LogP contribution < -0.4 is 5.32 Å². The first-order valence-electron chi connectivity index (χ1n) is 7.83. The highest BCUT2D eigenvalue weighted by atomic mass is 35.5. The van der Waals surface area contributed by atoms with E-state index in [0.717, 1.165) is 13.1 Å². The molecule has 3 rings (SSSR count). The van der Waals surface area contributed by atoms with Crippen LogP contribution >= 0.6 is 11.6 Å². The average molecular weight is 350 g/mol. The number of aromatic nitrogens is 3. The molecule has 128 valence electrons. The highest BCUT2D eigenvalue weighted by molar-refractivity contribution is 6.31. The quantitative estimate of drug-likeness (QED) is 0.913. The predicted octanol–water partition coefficient (Wildman–Crippen LogP) is 1.97. The third-order valence-electron chi connectivity index (χ3n) is 3.76. The Labute approximate surface area is 145 Å². The highest BCUT2D eigenvalue weighted by Gasteiger charge is 2.24. The van der Waals surface area contributed by atoms with Crippen LogP contribution in [-0.4, -0.2) is 57.4 Å². The van der Waals surface area contributed by atoms with Gasteiger partial charge < -0.3 is 10.1 Å². The lowest BCUT2D eigenvalue weighted by Crippen LogP contribution is -2.48. The molecule has 2 atom stereocenters. The number of ether oxygens (including phenoxy) is 1. The Bertz CT molecular complexity index is 696. The number of nitrogens with one attached hydrogen (secondary N) is 1. The predicted molar refractivity (Wildman–Crippen MR) is 91.4 cm³/mol. The summed E-state index contributed by atoms with van der Waals surface area (Å²) < 4.78 is 7.28. The van der Waals surface area contributed by atoms with Crippen LogP contribution in [0.5, 0.6) is 0 Å². The summed E-state index contributed by atoms with van der Waals surface area (Å²) in [5.41, 5.74) is 1.32. The van der Waals surface area contributed by atoms with Gasteiger partial charge in [-0.1, -0.05) is 11.6 Å². The van der Waals surface area contributed by atoms with Crippen LogP contribution in [0.1, 0.15) is 13.8 Å². The van der Waals surface area contributed by atoms with Gasteiger partial charge in [-0.25, -0.2) is 9.67 Å². The minimum atomic E-state index is -0.0973. The molecule has 1 saturated heterocycles. The molecule has 24 heavy (non-hydrogen) atoms. The molecular weight excluding hydrogens is 330 g/mol. The number of hydrogen-bond donors (Lipinski definition) is 1. The summed E-state index contributed by atoms with van der Waals surface area (Å²) in [6.07, 6.45) is 3.26. The van der Waals surface area contributed by atoms with Crippen molar-refractivity contribution in [1.29, 1.82) is 0 Å². The Morgan fingerprint density at radius 3 is 2.79 bits per heavy atom. The zero-order valence-electron chi connectivity index (χ0n) is 13.6. The van der Waals surface area contributed by atoms with Gasteiger partial charge in [0, 0.05) is 18.1 Å². The third-order valence-corrected chi connectivity index (χ3v) is 4.00. The smallest absolute Gasteiger partial charge is 0.238 e. The Morgan fingerprint density at radius 2 is 2.12 bits per heavy atom. The maximum Gasteiger partial charge on any atom is 0.238 e. The van der Waals surface area contributed by atoms with E-state index >= 15 is 0 Å². The minimum absolute atomic E-state index is 0.0973. The van der Waals surface area contributed by atoms with Crippen molar-refractivity contribution in [2.24, 2.45) is 0 Å². The number of hydrogen-bond acceptors (Lipinski definition) is 5. The van der Waals surface area contributed by atoms with E-state index in [-0.39, 0.29) is 18.1 Å². The van der Waals surface area contributed by atoms with Gasteiger partial charge in [-0.3, -0.25) is 9.69 Å². The lowest BCUT2D eigenvalue weighted by atomic mass is 10.2. The molecule has 2 heterocycles. The van der Waals surface area contributed by atoms with Gasteiger partial charge in [0.15, 0.2) is 0 Å². The van der Waals surface area contributed by atoms with Gasteiger partial charge in [0.2, 0.25) is 5.91 Å². The molecule has 7 nitrogen and oxygen atoms in total. The largest absolute Gasteiger partial charge is 0.373 e. The van der Waals surface area contributed by atoms with Crippen molar-refractivity contribution in [3.63, 3.8) is 0 Å². The molecular formula is C16H20ClN5O2. The Morgan fingerprint density at radius 1 is 1.38 bits per heavy atom. The first kappa shape index (κ1) is 16.9. The van der Waals surface area contributed by atoms with Crippen molar-refractivity contribution >= 4 is 23.2 Å². The second kappa shape index (κ2) is 7.29. The fraction of sp³-hybridized carbons (Fsp3) is 0.438. The minimum Gasteiger partial charge on any atom is -0.373 e. The fourth-order valence-corrected chi connectivity index (χ4v) is 3.12. The number of amides is 1. The van der Waals surface area contributed by atoms with Gasteiger partial charge in [0.25, 0.3) is 0 Å². The molecule has 0 aliphatic carbocycles. The monoisotopic (exact) mass is 349 g/mol. The van der Waals surface area contributed by atoms with E-state index in [0.29, 0.717) is 22.9 Å². The van der Waals surface area contributed by atoms with E-state index < -0.39 is 0 Å². The summed E-state index contributed by atoms with van der Waals surface area (Å²) in [7, 11) is 0. The molecule has 1 fully saturated rings. The highest BCUT2D eigenvalue weighted by Crippen LogP contribution is 2.24. The van der Waals surface area contributed by atoms with Crippen LogP contribution in [0.15, 0.2) is 30.9 Å². The third kappa shape index (κ3) is 4.11. The molecule has 2 aromatic rings. The van der Waals surface area contributed by atoms with E-state index in [4.69, 9.17) is 16.3 Å². The van der Waals surface area contributed by atoms with Gasteiger partial charge in [-0.2, -0.15) is 5.10 Å². The Hall–Kier alpha value is -1.96. The molecule has 0 unspecified atom stereocenters. The summed E-state index contributed by atoms with van der Waals surface area (Å²) in [5.74, 6) is -0.0973. The fourth-order valence-electron chi connectivity index (χ4n) is 2.95. The van der Waals surface area contributed by atoms with Gasteiger partial charge >= 0.3 is 0 Å². The average Bonchev–Trinajstić information content (AvgIpc) is 3.00. The van der Waals surface area contributed by atoms with E-state index in [9.17, 15) is 4.79 Å². The lowest BCUT2D eigenvalue weighted by Gasteiger charge is -2.34. The first-order valence-corrected chi connectivity index (χ1v) is 8.21. The maximum atomic E-state index is 12.4. The van der Waals surface area contributed by atoms with Crippen LogP contribution in [0.25, 0.3) is 5.69 Å². The van der Waals surface area contributed by atoms with Crippen molar-refractivity contribution in [3.8, 4) is 5.69 Å². The summed E-state index contributed by atoms with van der Waals surface area (Å²) >= 11 is 6.07. The standard InChI is InChI=1S/C16H20ClN5O2/c1-11-6-21(7-12(2)24-11)8-16(23)20-14-5-13(17)3-4-15(14)22-10-18-9-19-22/h3-5,9-12H,6-8H2,1-2H3,(H,20,23)/t11-,12-/m0/s1. The maximum absolute atomic E-state index is 12.4. The zero-order valence-corrected chi connectivity index (χ0v) is 14.4. The van der Waals surface area contributed by atoms with E-state index in [1.165, 1.54) is 6.33 Å². The van der Waals surface area contributed by atoms with Crippen LogP contribution in [0, 0.1) is 0 Å². The molecule has 0 radical (unpaired) electrons. The number of anilines is 1. The van der Waals surface area contributed by atoms with E-state index in [1.807, 2.05) is 13.8 Å². The Kier molecular flexibility index (Phi) is 5.13. The van der Waals surface area contributed by atoms with Crippen LogP contribution in [0.2, 0.25) is 5.02 Å². The second-order valence-corrected chi connectivity index (χ2v) is 6.44. The summed E-state index contributed by atoms with van der Waals surface area (Å²) in [6.45, 7) is 5.81. The van der Waals surface area contributed by atoms with Gasteiger partial charge in [0.05, 0.1) is 30.1 Å². The SMILES string of the molecule is C[C@H]1CN(CC(=O)Nc2cc(Cl)ccc2-n2cncn2)C[C@H](C)O1. The number of carbonyl (C=O) groups excluding carboxylic acids is 1. The molecule has 1 N–H and O–H groups in total. The number of halogens is 1. The van der Waals surface area contributed by atoms with E-state index in [2.05, 4.69) is 20.3 Å². The molecule has 1 aromatic carbocycles. The first-order chi connectivity index (χ1) is 11.5. The number of benzene rings is 1. The van der Waals surface area contributed by atoms with Crippen molar-refractivity contribution in [1.82, 2.24) is 19.7 Å². The van der Waals surface area contributed by atoms with Gasteiger partial charge in [-0.15, -0.1) is 0 Å². The number of carbonyl (C=O) groups is 1. The summed E-state index contributed by atoms with van der Waals surface area (Å²) in [5, 5.41) is 7.57. The number of nitrogens with zero attached hydrogens (tertiary/aromatic N) is 4. The van der Waals surface area contributed by atoms with Crippen molar-refractivity contribution < 1.29 is 9.53 Å². The molecule has 0 spiro atoms. The summed E-state index contributed by atoms with van der Waals surface area (Å²) in [4.78, 5) is 18.5. The molecule has 1 aliphatic rings. The van der Waals surface area contributed by atoms with Crippen molar-refractivity contribution in [2.45, 2.75) is 26.1 Å². The van der Waals surface area contributed by atoms with E-state index in [1.54, 1.807) is 29.2 Å². The van der Waals surface area contributed by atoms with Crippen LogP contribution in [0.3, 0.4) is 0 Å². The Balaban J connectivity index is 1.71. The second-order valence-electron chi connectivity index (χ2n) is 6.00. The van der Waals surface area contributed by atoms with Gasteiger partial charge in [0.1, 0.15) is 12.7 Å². The van der Waals surface area contributed by atoms with Crippen LogP contribution in [0.4, 0.5) is 5.69 Å². The number of morpholine rings is 1. The zero-order chi connectivity index (χ0) is 17.1. The van der Waals surface area contributed by atoms with Gasteiger partial charge in [-0.05, 0) is 32.0 Å². The molecule has 8 heteroatoms. The molecule has 0 saturated carbocycles. The lowest BCUT2D eigenvalue weighted by molar-refractivity contribution is -0.121. The van der Waals surface area contributed by atoms with Crippen LogP contribution in [-0.2, 0) is 9.53 Å². The van der Waals surface area contributed by atoms with Crippen molar-refractivity contribution in [3.05, 3.63) is 35.9 Å². The topological polar surface area (TPSA) is 72.3 Å². The normalized spacial score (nSPS) is 21.6. The molecule has 1 amide bonds. The molecule has 1 aromatic heterocycles. The number of rotatable bonds is 4.